The molecular formula is C19H18Cl2N4O4S. The molecule has 0 saturated carbocycles. The quantitative estimate of drug-likeness (QED) is 0.466. The summed E-state index contributed by atoms with van der Waals surface area (Å²) < 4.78 is 0.596. The van der Waals surface area contributed by atoms with Gasteiger partial charge in [-0.1, -0.05) is 40.6 Å². The van der Waals surface area contributed by atoms with Gasteiger partial charge < -0.3 is 25.4 Å². The molecule has 0 bridgehead atoms. The number of aliphatic hydroxyl groups is 1. The normalized spacial score (nSPS) is 19.3. The molecule has 2 aromatic heterocycles. The number of anilines is 1. The van der Waals surface area contributed by atoms with E-state index in [0.717, 1.165) is 0 Å². The van der Waals surface area contributed by atoms with E-state index < -0.39 is 24.0 Å². The molecule has 1 aliphatic rings. The summed E-state index contributed by atoms with van der Waals surface area (Å²) in [5.74, 6) is -1.44. The molecular weight excluding hydrogens is 451 g/mol. The molecule has 0 spiro atoms. The summed E-state index contributed by atoms with van der Waals surface area (Å²) in [6.07, 6.45) is -0.349. The predicted molar refractivity (Wildman–Crippen MR) is 116 cm³/mol. The number of rotatable bonds is 4. The minimum atomic E-state index is -1.00. The number of H-pyrrole nitrogens is 1. The minimum absolute atomic E-state index is 0.155. The third-order valence-electron chi connectivity index (χ3n) is 5.08. The first kappa shape index (κ1) is 20.9. The number of amides is 1. The van der Waals surface area contributed by atoms with Crippen molar-refractivity contribution < 1.29 is 19.8 Å². The Hall–Kier alpha value is -2.33. The molecule has 1 aliphatic heterocycles. The number of carbonyl (C=O) groups is 2. The zero-order valence-electron chi connectivity index (χ0n) is 15.8. The zero-order valence-corrected chi connectivity index (χ0v) is 18.1. The van der Waals surface area contributed by atoms with Gasteiger partial charge in [0, 0.05) is 18.8 Å². The van der Waals surface area contributed by atoms with Gasteiger partial charge in [0.25, 0.3) is 5.91 Å². The summed E-state index contributed by atoms with van der Waals surface area (Å²) in [5, 5.41) is 23.9. The highest BCUT2D eigenvalue weighted by atomic mass is 35.5. The average Bonchev–Trinajstić information content (AvgIpc) is 3.26. The number of hydrogen-bond donors (Lipinski definition) is 4. The lowest BCUT2D eigenvalue weighted by Gasteiger charge is -2.36. The number of nitrogens with one attached hydrogen (secondary N) is 2. The van der Waals surface area contributed by atoms with Crippen LogP contribution < -0.4 is 10.2 Å². The Morgan fingerprint density at radius 3 is 2.73 bits per heavy atom. The van der Waals surface area contributed by atoms with E-state index >= 15 is 0 Å². The molecule has 30 heavy (non-hydrogen) atoms. The van der Waals surface area contributed by atoms with E-state index in [2.05, 4.69) is 15.3 Å². The largest absolute Gasteiger partial charge is 0.478 e. The number of thiazole rings is 1. The maximum atomic E-state index is 12.5. The lowest BCUT2D eigenvalue weighted by molar-refractivity contribution is 0.0699. The molecule has 3 aromatic rings. The van der Waals surface area contributed by atoms with Gasteiger partial charge in [-0.05, 0) is 25.5 Å². The number of halogens is 2. The van der Waals surface area contributed by atoms with Crippen LogP contribution in [-0.2, 0) is 0 Å². The van der Waals surface area contributed by atoms with Gasteiger partial charge in [0.2, 0.25) is 0 Å². The van der Waals surface area contributed by atoms with Crippen LogP contribution in [0.2, 0.25) is 10.0 Å². The second-order valence-electron chi connectivity index (χ2n) is 7.09. The van der Waals surface area contributed by atoms with Crippen LogP contribution in [0.15, 0.2) is 18.2 Å². The Kier molecular flexibility index (Phi) is 5.63. The summed E-state index contributed by atoms with van der Waals surface area (Å²) >= 11 is 13.4. The van der Waals surface area contributed by atoms with E-state index in [1.807, 2.05) is 4.90 Å². The summed E-state index contributed by atoms with van der Waals surface area (Å²) in [5.41, 5.74) is 1.57. The van der Waals surface area contributed by atoms with E-state index in [4.69, 9.17) is 23.2 Å². The number of carboxylic acid groups (broad SMARTS) is 1. The van der Waals surface area contributed by atoms with E-state index in [9.17, 15) is 19.8 Å². The number of aliphatic hydroxyl groups excluding tert-OH is 1. The molecule has 4 rings (SSSR count). The molecule has 158 valence electrons. The third-order valence-corrected chi connectivity index (χ3v) is 7.20. The lowest BCUT2D eigenvalue weighted by Crippen LogP contribution is -2.54. The molecule has 0 radical (unpaired) electrons. The first-order valence-electron chi connectivity index (χ1n) is 9.16. The summed E-state index contributed by atoms with van der Waals surface area (Å²) in [6, 6.07) is 4.50. The smallest absolute Gasteiger partial charge is 0.337 e. The molecule has 8 nitrogen and oxygen atoms in total. The number of piperidine rings is 1. The first-order chi connectivity index (χ1) is 14.3. The summed E-state index contributed by atoms with van der Waals surface area (Å²) in [6.45, 7) is 2.51. The highest BCUT2D eigenvalue weighted by Crippen LogP contribution is 2.33. The van der Waals surface area contributed by atoms with Crippen molar-refractivity contribution in [2.24, 2.45) is 0 Å². The number of aryl methyl sites for hydroxylation is 1. The summed E-state index contributed by atoms with van der Waals surface area (Å²) in [4.78, 5) is 33.2. The van der Waals surface area contributed by atoms with Crippen molar-refractivity contribution in [1.29, 1.82) is 0 Å². The van der Waals surface area contributed by atoms with Gasteiger partial charge in [-0.3, -0.25) is 4.79 Å². The van der Waals surface area contributed by atoms with Crippen molar-refractivity contribution in [3.63, 3.8) is 0 Å². The van der Waals surface area contributed by atoms with Crippen molar-refractivity contribution in [2.45, 2.75) is 25.5 Å². The fraction of sp³-hybridized carbons (Fsp3) is 0.316. The number of carbonyl (C=O) groups excluding carboxylic acids is 1. The number of aromatic amines is 1. The highest BCUT2D eigenvalue weighted by molar-refractivity contribution is 7.22. The second-order valence-corrected chi connectivity index (χ2v) is 8.82. The van der Waals surface area contributed by atoms with Crippen LogP contribution >= 0.6 is 34.5 Å². The van der Waals surface area contributed by atoms with Crippen molar-refractivity contribution >= 4 is 61.8 Å². The fourth-order valence-corrected chi connectivity index (χ4v) is 5.00. The molecule has 1 saturated heterocycles. The molecule has 2 atom stereocenters. The number of aromatic nitrogens is 2. The maximum absolute atomic E-state index is 12.5. The monoisotopic (exact) mass is 468 g/mol. The van der Waals surface area contributed by atoms with E-state index in [0.29, 0.717) is 39.0 Å². The van der Waals surface area contributed by atoms with Gasteiger partial charge in [0.1, 0.15) is 5.69 Å². The van der Waals surface area contributed by atoms with Gasteiger partial charge in [0.05, 0.1) is 38.0 Å². The van der Waals surface area contributed by atoms with Gasteiger partial charge in [0.15, 0.2) is 5.13 Å². The number of nitrogens with zero attached hydrogens (tertiary/aromatic N) is 2. The van der Waals surface area contributed by atoms with Crippen LogP contribution in [-0.4, -0.2) is 57.3 Å². The molecule has 1 amide bonds. The lowest BCUT2D eigenvalue weighted by atomic mass is 10.0. The van der Waals surface area contributed by atoms with E-state index in [1.54, 1.807) is 25.1 Å². The molecule has 4 N–H and O–H groups in total. The first-order valence-corrected chi connectivity index (χ1v) is 10.7. The Balaban J connectivity index is 1.47. The molecule has 1 fully saturated rings. The van der Waals surface area contributed by atoms with Crippen LogP contribution in [0.4, 0.5) is 5.13 Å². The number of carboxylic acids is 1. The third kappa shape index (κ3) is 3.74. The fourth-order valence-electron chi connectivity index (χ4n) is 3.48. The van der Waals surface area contributed by atoms with Crippen LogP contribution in [0.25, 0.3) is 10.2 Å². The molecule has 0 aliphatic carbocycles. The van der Waals surface area contributed by atoms with Crippen molar-refractivity contribution in [2.75, 3.05) is 18.0 Å². The minimum Gasteiger partial charge on any atom is -0.478 e. The van der Waals surface area contributed by atoms with Crippen molar-refractivity contribution in [3.05, 3.63) is 45.2 Å². The Labute approximate surface area is 185 Å². The van der Waals surface area contributed by atoms with Gasteiger partial charge in [-0.2, -0.15) is 0 Å². The molecule has 1 aromatic carbocycles. The van der Waals surface area contributed by atoms with Crippen molar-refractivity contribution in [1.82, 2.24) is 15.3 Å². The Morgan fingerprint density at radius 2 is 2.10 bits per heavy atom. The second kappa shape index (κ2) is 8.07. The number of aromatic carboxylic acids is 1. The molecule has 0 unspecified atom stereocenters. The standard InChI is InChI=1S/C19H18Cl2N4O4S/c1-8-13(20)14(21)15(22-8)17(27)23-10-5-6-25(7-12(10)26)19-24-11-4-2-3-9(18(28)29)16(11)30-19/h2-4,10,12,22,26H,5-7H2,1H3,(H,23,27)(H,28,29)/t10-,12+/m1/s1. The van der Waals surface area contributed by atoms with E-state index in [-0.39, 0.29) is 22.8 Å². The Morgan fingerprint density at radius 1 is 1.33 bits per heavy atom. The van der Waals surface area contributed by atoms with E-state index in [1.165, 1.54) is 11.3 Å². The Bertz CT molecular complexity index is 1150. The number of benzene rings is 1. The molecule has 3 heterocycles. The zero-order chi connectivity index (χ0) is 21.6. The molecule has 11 heteroatoms. The van der Waals surface area contributed by atoms with Crippen LogP contribution in [0, 0.1) is 6.92 Å². The maximum Gasteiger partial charge on any atom is 0.337 e. The van der Waals surface area contributed by atoms with Crippen LogP contribution in [0.5, 0.6) is 0 Å². The number of hydrogen-bond acceptors (Lipinski definition) is 6. The van der Waals surface area contributed by atoms with Gasteiger partial charge >= 0.3 is 5.97 Å². The number of β-amino-alcohol motifs (C(OH)–C–C–N with tert-alkyl or cyclic N) is 1. The topological polar surface area (TPSA) is 119 Å². The summed E-state index contributed by atoms with van der Waals surface area (Å²) in [7, 11) is 0. The average molecular weight is 469 g/mol. The van der Waals surface area contributed by atoms with Gasteiger partial charge in [-0.25, -0.2) is 9.78 Å². The van der Waals surface area contributed by atoms with Crippen molar-refractivity contribution in [3.8, 4) is 0 Å². The van der Waals surface area contributed by atoms with Gasteiger partial charge in [-0.15, -0.1) is 0 Å². The number of fused-ring (bicyclic) bond motifs is 1. The highest BCUT2D eigenvalue weighted by Gasteiger charge is 2.32. The predicted octanol–water partition coefficient (Wildman–Crippen LogP) is 3.31. The van der Waals surface area contributed by atoms with Crippen LogP contribution in [0.3, 0.4) is 0 Å². The van der Waals surface area contributed by atoms with Crippen LogP contribution in [0.1, 0.15) is 33.0 Å². The SMILES string of the molecule is Cc1[nH]c(C(=O)N[C@@H]2CCN(c3nc4cccc(C(=O)O)c4s3)C[C@@H]2O)c(Cl)c1Cl.